The second-order valence-electron chi connectivity index (χ2n) is 5.00. The average molecular weight is 261 g/mol. The van der Waals surface area contributed by atoms with Crippen LogP contribution in [0.4, 0.5) is 10.7 Å². The normalized spacial score (nSPS) is 19.9. The molecular formula is C13H19N5O. The minimum absolute atomic E-state index is 0.200. The fourth-order valence-corrected chi connectivity index (χ4v) is 2.66. The Balaban J connectivity index is 1.56. The van der Waals surface area contributed by atoms with E-state index in [4.69, 9.17) is 0 Å². The van der Waals surface area contributed by atoms with Gasteiger partial charge in [0.15, 0.2) is 0 Å². The van der Waals surface area contributed by atoms with Crippen molar-refractivity contribution < 1.29 is 4.79 Å². The summed E-state index contributed by atoms with van der Waals surface area (Å²) < 4.78 is 0. The Labute approximate surface area is 113 Å². The van der Waals surface area contributed by atoms with E-state index >= 15 is 0 Å². The zero-order valence-corrected chi connectivity index (χ0v) is 11.0. The highest BCUT2D eigenvalue weighted by Crippen LogP contribution is 2.14. The molecule has 0 N–H and O–H groups in total. The Morgan fingerprint density at radius 2 is 1.47 bits per heavy atom. The second kappa shape index (κ2) is 5.42. The van der Waals surface area contributed by atoms with Gasteiger partial charge in [-0.2, -0.15) is 0 Å². The van der Waals surface area contributed by atoms with Crippen molar-refractivity contribution in [3.05, 3.63) is 18.5 Å². The fraction of sp³-hybridized carbons (Fsp3) is 0.615. The van der Waals surface area contributed by atoms with E-state index in [0.29, 0.717) is 0 Å². The van der Waals surface area contributed by atoms with Gasteiger partial charge in [-0.3, -0.25) is 0 Å². The van der Waals surface area contributed by atoms with Crippen molar-refractivity contribution in [1.82, 2.24) is 19.8 Å². The molecule has 3 heterocycles. The van der Waals surface area contributed by atoms with E-state index in [1.165, 1.54) is 0 Å². The highest BCUT2D eigenvalue weighted by Gasteiger charge is 2.27. The Bertz CT molecular complexity index is 424. The summed E-state index contributed by atoms with van der Waals surface area (Å²) in [5.41, 5.74) is 0. The molecular weight excluding hydrogens is 242 g/mol. The zero-order valence-electron chi connectivity index (χ0n) is 11.0. The van der Waals surface area contributed by atoms with Gasteiger partial charge in [0.05, 0.1) is 0 Å². The lowest BCUT2D eigenvalue weighted by Crippen LogP contribution is -2.52. The molecule has 0 unspecified atom stereocenters. The van der Waals surface area contributed by atoms with Crippen LogP contribution in [0.15, 0.2) is 18.5 Å². The van der Waals surface area contributed by atoms with Gasteiger partial charge in [0, 0.05) is 51.7 Å². The Hall–Kier alpha value is -1.85. The molecule has 0 saturated carbocycles. The van der Waals surface area contributed by atoms with Gasteiger partial charge in [-0.25, -0.2) is 14.8 Å². The molecule has 2 saturated heterocycles. The van der Waals surface area contributed by atoms with Crippen LogP contribution < -0.4 is 4.90 Å². The number of likely N-dealkylation sites (tertiary alicyclic amines) is 1. The number of urea groups is 1. The van der Waals surface area contributed by atoms with Crippen LogP contribution in [0, 0.1) is 0 Å². The third-order valence-electron chi connectivity index (χ3n) is 3.76. The number of aromatic nitrogens is 2. The largest absolute Gasteiger partial charge is 0.337 e. The lowest BCUT2D eigenvalue weighted by molar-refractivity contribution is 0.159. The first-order valence-corrected chi connectivity index (χ1v) is 6.90. The maximum Gasteiger partial charge on any atom is 0.320 e. The molecule has 2 aliphatic rings. The van der Waals surface area contributed by atoms with Crippen LogP contribution in [-0.2, 0) is 0 Å². The molecule has 0 aliphatic carbocycles. The van der Waals surface area contributed by atoms with Gasteiger partial charge in [-0.1, -0.05) is 0 Å². The van der Waals surface area contributed by atoms with E-state index in [2.05, 4.69) is 14.9 Å². The number of carbonyl (C=O) groups excluding carboxylic acids is 1. The van der Waals surface area contributed by atoms with Crippen LogP contribution in [0.1, 0.15) is 12.8 Å². The van der Waals surface area contributed by atoms with Gasteiger partial charge in [-0.05, 0) is 18.9 Å². The number of rotatable bonds is 1. The molecule has 6 nitrogen and oxygen atoms in total. The van der Waals surface area contributed by atoms with Crippen molar-refractivity contribution >= 4 is 12.0 Å². The van der Waals surface area contributed by atoms with Gasteiger partial charge in [-0.15, -0.1) is 0 Å². The van der Waals surface area contributed by atoms with Crippen LogP contribution in [0.2, 0.25) is 0 Å². The van der Waals surface area contributed by atoms with E-state index in [1.54, 1.807) is 12.4 Å². The van der Waals surface area contributed by atoms with E-state index in [-0.39, 0.29) is 6.03 Å². The number of carbonyl (C=O) groups is 1. The third kappa shape index (κ3) is 2.62. The van der Waals surface area contributed by atoms with Gasteiger partial charge in [0.2, 0.25) is 5.95 Å². The zero-order chi connectivity index (χ0) is 13.1. The second-order valence-corrected chi connectivity index (χ2v) is 5.00. The van der Waals surface area contributed by atoms with Crippen molar-refractivity contribution in [2.24, 2.45) is 0 Å². The highest BCUT2D eigenvalue weighted by molar-refractivity contribution is 5.75. The SMILES string of the molecule is O=C(N1CCCC1)N1CCN(c2ncccn2)CC1. The molecule has 1 aromatic rings. The molecule has 0 radical (unpaired) electrons. The number of amides is 2. The number of hydrogen-bond donors (Lipinski definition) is 0. The first kappa shape index (κ1) is 12.2. The number of anilines is 1. The molecule has 0 aromatic carbocycles. The summed E-state index contributed by atoms with van der Waals surface area (Å²) in [6.07, 6.45) is 5.79. The maximum absolute atomic E-state index is 12.2. The molecule has 102 valence electrons. The lowest BCUT2D eigenvalue weighted by Gasteiger charge is -2.36. The summed E-state index contributed by atoms with van der Waals surface area (Å²) >= 11 is 0. The summed E-state index contributed by atoms with van der Waals surface area (Å²) in [5, 5.41) is 0. The maximum atomic E-state index is 12.2. The molecule has 0 atom stereocenters. The van der Waals surface area contributed by atoms with Crippen molar-refractivity contribution in [3.8, 4) is 0 Å². The molecule has 6 heteroatoms. The molecule has 2 aliphatic heterocycles. The monoisotopic (exact) mass is 261 g/mol. The Morgan fingerprint density at radius 1 is 0.895 bits per heavy atom. The highest BCUT2D eigenvalue weighted by atomic mass is 16.2. The summed E-state index contributed by atoms with van der Waals surface area (Å²) in [6, 6.07) is 2.02. The Morgan fingerprint density at radius 3 is 2.11 bits per heavy atom. The minimum Gasteiger partial charge on any atom is -0.337 e. The van der Waals surface area contributed by atoms with E-state index in [1.807, 2.05) is 15.9 Å². The van der Waals surface area contributed by atoms with Crippen LogP contribution in [0.3, 0.4) is 0 Å². The summed E-state index contributed by atoms with van der Waals surface area (Å²) in [5.74, 6) is 0.760. The average Bonchev–Trinajstić information content (AvgIpc) is 3.02. The molecule has 2 fully saturated rings. The Kier molecular flexibility index (Phi) is 3.48. The minimum atomic E-state index is 0.200. The summed E-state index contributed by atoms with van der Waals surface area (Å²) in [7, 11) is 0. The van der Waals surface area contributed by atoms with Crippen molar-refractivity contribution in [3.63, 3.8) is 0 Å². The molecule has 3 rings (SSSR count). The predicted octanol–water partition coefficient (Wildman–Crippen LogP) is 0.814. The van der Waals surface area contributed by atoms with Gasteiger partial charge < -0.3 is 14.7 Å². The van der Waals surface area contributed by atoms with Crippen molar-refractivity contribution in [1.29, 1.82) is 0 Å². The first-order valence-electron chi connectivity index (χ1n) is 6.90. The first-order chi connectivity index (χ1) is 9.34. The van der Waals surface area contributed by atoms with E-state index in [9.17, 15) is 4.79 Å². The molecule has 1 aromatic heterocycles. The standard InChI is InChI=1S/C13H19N5O/c19-13(17-6-1-2-7-17)18-10-8-16(9-11-18)12-14-4-3-5-15-12/h3-5H,1-2,6-11H2. The molecule has 0 spiro atoms. The number of hydrogen-bond acceptors (Lipinski definition) is 4. The number of nitrogens with zero attached hydrogens (tertiary/aromatic N) is 5. The molecule has 19 heavy (non-hydrogen) atoms. The predicted molar refractivity (Wildman–Crippen MR) is 72.0 cm³/mol. The van der Waals surface area contributed by atoms with Crippen LogP contribution in [0.25, 0.3) is 0 Å². The van der Waals surface area contributed by atoms with Crippen LogP contribution in [0.5, 0.6) is 0 Å². The smallest absolute Gasteiger partial charge is 0.320 e. The van der Waals surface area contributed by atoms with Crippen LogP contribution in [-0.4, -0.2) is 65.1 Å². The summed E-state index contributed by atoms with van der Waals surface area (Å²) in [6.45, 7) is 4.97. The fourth-order valence-electron chi connectivity index (χ4n) is 2.66. The van der Waals surface area contributed by atoms with Gasteiger partial charge in [0.1, 0.15) is 0 Å². The van der Waals surface area contributed by atoms with E-state index in [0.717, 1.165) is 58.1 Å². The third-order valence-corrected chi connectivity index (χ3v) is 3.76. The molecule has 2 amide bonds. The van der Waals surface area contributed by atoms with Crippen LogP contribution >= 0.6 is 0 Å². The van der Waals surface area contributed by atoms with Crippen molar-refractivity contribution in [2.75, 3.05) is 44.2 Å². The number of piperazine rings is 1. The quantitative estimate of drug-likeness (QED) is 0.751. The van der Waals surface area contributed by atoms with Gasteiger partial charge in [0.25, 0.3) is 0 Å². The summed E-state index contributed by atoms with van der Waals surface area (Å²) in [4.78, 5) is 26.8. The lowest BCUT2D eigenvalue weighted by atomic mass is 10.3. The van der Waals surface area contributed by atoms with E-state index < -0.39 is 0 Å². The molecule has 0 bridgehead atoms. The topological polar surface area (TPSA) is 52.6 Å². The van der Waals surface area contributed by atoms with Gasteiger partial charge >= 0.3 is 6.03 Å². The van der Waals surface area contributed by atoms with Crippen molar-refractivity contribution in [2.45, 2.75) is 12.8 Å².